The molecule has 0 saturated carbocycles. The van der Waals surface area contributed by atoms with Crippen LogP contribution in [-0.4, -0.2) is 26.0 Å². The molecular formula is C20H17N5OS2. The summed E-state index contributed by atoms with van der Waals surface area (Å²) >= 11 is 6.65. The smallest absolute Gasteiger partial charge is 0.267 e. The Labute approximate surface area is 171 Å². The highest BCUT2D eigenvalue weighted by Crippen LogP contribution is 2.22. The van der Waals surface area contributed by atoms with E-state index in [4.69, 9.17) is 12.2 Å². The van der Waals surface area contributed by atoms with E-state index in [0.717, 1.165) is 28.0 Å². The highest BCUT2D eigenvalue weighted by Gasteiger charge is 2.12. The Morgan fingerprint density at radius 2 is 1.79 bits per heavy atom. The number of anilines is 1. The highest BCUT2D eigenvalue weighted by molar-refractivity contribution is 7.80. The van der Waals surface area contributed by atoms with Crippen LogP contribution in [0.15, 0.2) is 53.9 Å². The number of hydrogen-bond donors (Lipinski definition) is 2. The van der Waals surface area contributed by atoms with E-state index in [1.807, 2.05) is 61.7 Å². The van der Waals surface area contributed by atoms with Gasteiger partial charge in [-0.25, -0.2) is 0 Å². The van der Waals surface area contributed by atoms with Crippen molar-refractivity contribution in [3.05, 3.63) is 69.9 Å². The molecule has 0 aliphatic rings. The first-order valence-corrected chi connectivity index (χ1v) is 9.89. The quantitative estimate of drug-likeness (QED) is 0.498. The molecule has 0 fully saturated rings. The predicted molar refractivity (Wildman–Crippen MR) is 116 cm³/mol. The SMILES string of the molecule is Cc1ccc(-n2nc3cc(C)c(NC(=S)NC(=O)c4cccs4)cc3n2)cc1. The number of benzene rings is 2. The van der Waals surface area contributed by atoms with Crippen molar-refractivity contribution in [2.75, 3.05) is 5.32 Å². The second-order valence-corrected chi connectivity index (χ2v) is 7.72. The largest absolute Gasteiger partial charge is 0.332 e. The molecule has 2 heterocycles. The normalized spacial score (nSPS) is 10.8. The fourth-order valence-corrected chi connectivity index (χ4v) is 3.54. The summed E-state index contributed by atoms with van der Waals surface area (Å²) in [6.45, 7) is 3.99. The molecule has 2 N–H and O–H groups in total. The lowest BCUT2D eigenvalue weighted by Gasteiger charge is -2.11. The van der Waals surface area contributed by atoms with Crippen molar-refractivity contribution >= 4 is 51.3 Å². The molecule has 4 rings (SSSR count). The molecule has 8 heteroatoms. The van der Waals surface area contributed by atoms with Crippen LogP contribution in [-0.2, 0) is 0 Å². The van der Waals surface area contributed by atoms with Crippen LogP contribution in [0.2, 0.25) is 0 Å². The van der Waals surface area contributed by atoms with Crippen LogP contribution in [0.5, 0.6) is 0 Å². The van der Waals surface area contributed by atoms with E-state index in [1.165, 1.54) is 16.9 Å². The van der Waals surface area contributed by atoms with Gasteiger partial charge in [0.15, 0.2) is 5.11 Å². The van der Waals surface area contributed by atoms with Gasteiger partial charge in [-0.05, 0) is 67.3 Å². The average Bonchev–Trinajstić information content (AvgIpc) is 3.32. The molecule has 28 heavy (non-hydrogen) atoms. The number of thiophene rings is 1. The summed E-state index contributed by atoms with van der Waals surface area (Å²) in [6, 6.07) is 15.4. The fraction of sp³-hybridized carbons (Fsp3) is 0.100. The summed E-state index contributed by atoms with van der Waals surface area (Å²) in [5, 5.41) is 17.0. The Balaban J connectivity index is 1.56. The molecule has 4 aromatic rings. The van der Waals surface area contributed by atoms with Crippen molar-refractivity contribution < 1.29 is 4.79 Å². The number of nitrogens with zero attached hydrogens (tertiary/aromatic N) is 3. The minimum atomic E-state index is -0.225. The zero-order valence-corrected chi connectivity index (χ0v) is 16.9. The van der Waals surface area contributed by atoms with Crippen LogP contribution in [0.3, 0.4) is 0 Å². The van der Waals surface area contributed by atoms with Gasteiger partial charge in [0.25, 0.3) is 5.91 Å². The first kappa shape index (κ1) is 18.3. The van der Waals surface area contributed by atoms with Gasteiger partial charge < -0.3 is 5.32 Å². The van der Waals surface area contributed by atoms with Gasteiger partial charge in [-0.3, -0.25) is 10.1 Å². The van der Waals surface area contributed by atoms with E-state index in [0.29, 0.717) is 4.88 Å². The van der Waals surface area contributed by atoms with Crippen molar-refractivity contribution in [1.29, 1.82) is 0 Å². The second-order valence-electron chi connectivity index (χ2n) is 6.37. The molecule has 0 spiro atoms. The molecule has 0 unspecified atom stereocenters. The summed E-state index contributed by atoms with van der Waals surface area (Å²) in [5.74, 6) is -0.225. The average molecular weight is 408 g/mol. The lowest BCUT2D eigenvalue weighted by molar-refractivity contribution is 0.0981. The Bertz CT molecular complexity index is 1160. The Hall–Kier alpha value is -3.10. The molecule has 6 nitrogen and oxygen atoms in total. The van der Waals surface area contributed by atoms with Gasteiger partial charge in [0.2, 0.25) is 0 Å². The Morgan fingerprint density at radius 3 is 2.46 bits per heavy atom. The highest BCUT2D eigenvalue weighted by atomic mass is 32.1. The van der Waals surface area contributed by atoms with E-state index in [1.54, 1.807) is 10.9 Å². The molecule has 0 saturated heterocycles. The molecule has 2 aromatic heterocycles. The number of rotatable bonds is 3. The molecule has 140 valence electrons. The van der Waals surface area contributed by atoms with E-state index in [-0.39, 0.29) is 11.0 Å². The topological polar surface area (TPSA) is 71.8 Å². The van der Waals surface area contributed by atoms with Gasteiger partial charge in [0.05, 0.1) is 10.6 Å². The standard InChI is InChI=1S/C20H17N5OS2/c1-12-5-7-14(8-6-12)25-23-16-10-13(2)15(11-17(16)24-25)21-20(27)22-19(26)18-4-3-9-28-18/h3-11H,1-2H3,(H2,21,22,26,27). The van der Waals surface area contributed by atoms with Crippen LogP contribution in [0.25, 0.3) is 16.7 Å². The molecule has 0 atom stereocenters. The summed E-state index contributed by atoms with van der Waals surface area (Å²) in [4.78, 5) is 14.4. The van der Waals surface area contributed by atoms with Crippen molar-refractivity contribution in [3.63, 3.8) is 0 Å². The number of fused-ring (bicyclic) bond motifs is 1. The van der Waals surface area contributed by atoms with Crippen molar-refractivity contribution in [2.45, 2.75) is 13.8 Å². The van der Waals surface area contributed by atoms with Gasteiger partial charge >= 0.3 is 0 Å². The van der Waals surface area contributed by atoms with Crippen LogP contribution in [0.4, 0.5) is 5.69 Å². The lowest BCUT2D eigenvalue weighted by atomic mass is 10.2. The van der Waals surface area contributed by atoms with E-state index < -0.39 is 0 Å². The van der Waals surface area contributed by atoms with Crippen molar-refractivity contribution in [2.24, 2.45) is 0 Å². The second kappa shape index (κ2) is 7.49. The molecule has 1 amide bonds. The van der Waals surface area contributed by atoms with Gasteiger partial charge in [-0.1, -0.05) is 23.8 Å². The third kappa shape index (κ3) is 3.78. The van der Waals surface area contributed by atoms with Crippen LogP contribution < -0.4 is 10.6 Å². The number of aromatic nitrogens is 3. The number of carbonyl (C=O) groups is 1. The van der Waals surface area contributed by atoms with E-state index >= 15 is 0 Å². The summed E-state index contributed by atoms with van der Waals surface area (Å²) in [7, 11) is 0. The first-order chi connectivity index (χ1) is 13.5. The maximum absolute atomic E-state index is 12.1. The summed E-state index contributed by atoms with van der Waals surface area (Å²) in [6.07, 6.45) is 0. The van der Waals surface area contributed by atoms with Crippen LogP contribution >= 0.6 is 23.6 Å². The summed E-state index contributed by atoms with van der Waals surface area (Å²) in [5.41, 5.74) is 5.34. The maximum Gasteiger partial charge on any atom is 0.267 e. The zero-order chi connectivity index (χ0) is 19.7. The van der Waals surface area contributed by atoms with E-state index in [2.05, 4.69) is 20.8 Å². The number of hydrogen-bond acceptors (Lipinski definition) is 5. The van der Waals surface area contributed by atoms with Crippen LogP contribution in [0.1, 0.15) is 20.8 Å². The molecule has 0 radical (unpaired) electrons. The molecule has 0 aliphatic carbocycles. The minimum absolute atomic E-state index is 0.225. The van der Waals surface area contributed by atoms with Crippen LogP contribution in [0, 0.1) is 13.8 Å². The third-order valence-corrected chi connectivity index (χ3v) is 5.28. The first-order valence-electron chi connectivity index (χ1n) is 8.60. The van der Waals surface area contributed by atoms with Gasteiger partial charge in [-0.2, -0.15) is 4.80 Å². The van der Waals surface area contributed by atoms with Gasteiger partial charge in [-0.15, -0.1) is 21.5 Å². The Morgan fingerprint density at radius 1 is 1.07 bits per heavy atom. The maximum atomic E-state index is 12.1. The summed E-state index contributed by atoms with van der Waals surface area (Å²) < 4.78 is 0. The van der Waals surface area contributed by atoms with Crippen molar-refractivity contribution in [3.8, 4) is 5.69 Å². The zero-order valence-electron chi connectivity index (χ0n) is 15.3. The van der Waals surface area contributed by atoms with Gasteiger partial charge in [0.1, 0.15) is 11.0 Å². The van der Waals surface area contributed by atoms with E-state index in [9.17, 15) is 4.79 Å². The number of nitrogens with one attached hydrogen (secondary N) is 2. The lowest BCUT2D eigenvalue weighted by Crippen LogP contribution is -2.33. The number of aryl methyl sites for hydroxylation is 2. The molecule has 0 aliphatic heterocycles. The molecule has 0 bridgehead atoms. The number of thiocarbonyl (C=S) groups is 1. The van der Waals surface area contributed by atoms with Gasteiger partial charge in [0, 0.05) is 5.69 Å². The monoisotopic (exact) mass is 407 g/mol. The number of amides is 1. The predicted octanol–water partition coefficient (Wildman–Crippen LogP) is 4.23. The Kier molecular flexibility index (Phi) is 4.89. The fourth-order valence-electron chi connectivity index (χ4n) is 2.72. The molecule has 2 aromatic carbocycles. The number of carbonyl (C=O) groups excluding carboxylic acids is 1. The molecular weight excluding hydrogens is 390 g/mol. The van der Waals surface area contributed by atoms with Crippen molar-refractivity contribution in [1.82, 2.24) is 20.3 Å². The minimum Gasteiger partial charge on any atom is -0.332 e. The third-order valence-electron chi connectivity index (χ3n) is 4.21.